The van der Waals surface area contributed by atoms with Gasteiger partial charge in [0.2, 0.25) is 5.91 Å². The van der Waals surface area contributed by atoms with Gasteiger partial charge in [-0.25, -0.2) is 4.39 Å². The van der Waals surface area contributed by atoms with Crippen LogP contribution in [-0.4, -0.2) is 27.1 Å². The third-order valence-electron chi connectivity index (χ3n) is 5.67. The first kappa shape index (κ1) is 18.2. The Balaban J connectivity index is 1.39. The molecule has 1 aliphatic carbocycles. The summed E-state index contributed by atoms with van der Waals surface area (Å²) in [6.07, 6.45) is 4.16. The van der Waals surface area contributed by atoms with Crippen molar-refractivity contribution in [3.63, 3.8) is 0 Å². The first-order valence-electron chi connectivity index (χ1n) is 9.89. The van der Waals surface area contributed by atoms with Crippen LogP contribution in [0.15, 0.2) is 24.3 Å². The molecule has 2 heterocycles. The van der Waals surface area contributed by atoms with Crippen molar-refractivity contribution in [2.45, 2.75) is 58.8 Å². The van der Waals surface area contributed by atoms with Crippen molar-refractivity contribution < 1.29 is 9.18 Å². The maximum Gasteiger partial charge on any atom is 0.223 e. The second kappa shape index (κ2) is 7.80. The summed E-state index contributed by atoms with van der Waals surface area (Å²) in [4.78, 5) is 14.3. The third-order valence-corrected chi connectivity index (χ3v) is 5.67. The molecule has 144 valence electrons. The Labute approximate surface area is 159 Å². The Morgan fingerprint density at radius 1 is 1.26 bits per heavy atom. The van der Waals surface area contributed by atoms with Crippen molar-refractivity contribution in [1.82, 2.24) is 20.0 Å². The average molecular weight is 370 g/mol. The number of hydrogen-bond acceptors (Lipinski definition) is 3. The number of hydrogen-bond donors (Lipinski definition) is 1. The largest absolute Gasteiger partial charge is 0.350 e. The standard InChI is InChI=1S/C21H27FN4O/c1-15-6-7-17(20(22)10-15)13-25-8-3-9-26-19(14-25)11-18(24-26)12-23-21(27)16-4-2-5-16/h6-7,10-11,16H,2-5,8-9,12-14H2,1H3,(H,23,27). The van der Waals surface area contributed by atoms with Crippen molar-refractivity contribution in [2.75, 3.05) is 6.54 Å². The molecule has 0 radical (unpaired) electrons. The Morgan fingerprint density at radius 3 is 2.85 bits per heavy atom. The van der Waals surface area contributed by atoms with Crippen LogP contribution >= 0.6 is 0 Å². The molecular weight excluding hydrogens is 343 g/mol. The molecule has 6 heteroatoms. The average Bonchev–Trinajstić information content (AvgIpc) is 2.86. The lowest BCUT2D eigenvalue weighted by molar-refractivity contribution is -0.127. The van der Waals surface area contributed by atoms with E-state index in [-0.39, 0.29) is 17.6 Å². The fraction of sp³-hybridized carbons (Fsp3) is 0.524. The number of aryl methyl sites for hydroxylation is 2. The Hall–Kier alpha value is -2.21. The van der Waals surface area contributed by atoms with E-state index >= 15 is 0 Å². The first-order valence-corrected chi connectivity index (χ1v) is 9.89. The Bertz CT molecular complexity index is 828. The second-order valence-electron chi connectivity index (χ2n) is 7.85. The van der Waals surface area contributed by atoms with Crippen molar-refractivity contribution in [3.05, 3.63) is 52.6 Å². The van der Waals surface area contributed by atoms with Gasteiger partial charge in [-0.3, -0.25) is 14.4 Å². The number of rotatable bonds is 5. The van der Waals surface area contributed by atoms with E-state index in [2.05, 4.69) is 21.4 Å². The molecule has 1 aromatic carbocycles. The van der Waals surface area contributed by atoms with Crippen LogP contribution in [0.5, 0.6) is 0 Å². The number of benzene rings is 1. The summed E-state index contributed by atoms with van der Waals surface area (Å²) in [5, 5.41) is 7.67. The highest BCUT2D eigenvalue weighted by atomic mass is 19.1. The lowest BCUT2D eigenvalue weighted by Crippen LogP contribution is -2.34. The van der Waals surface area contributed by atoms with E-state index in [0.717, 1.165) is 67.8 Å². The molecule has 0 unspecified atom stereocenters. The summed E-state index contributed by atoms with van der Waals surface area (Å²) in [6.45, 7) is 5.52. The molecule has 0 saturated heterocycles. The number of nitrogens with one attached hydrogen (secondary N) is 1. The van der Waals surface area contributed by atoms with Crippen molar-refractivity contribution >= 4 is 5.91 Å². The molecule has 0 spiro atoms. The van der Waals surface area contributed by atoms with Crippen LogP contribution in [0.1, 0.15) is 48.2 Å². The lowest BCUT2D eigenvalue weighted by atomic mass is 9.85. The molecule has 2 aliphatic rings. The minimum Gasteiger partial charge on any atom is -0.350 e. The summed E-state index contributed by atoms with van der Waals surface area (Å²) in [5.41, 5.74) is 3.72. The molecule has 1 saturated carbocycles. The summed E-state index contributed by atoms with van der Waals surface area (Å²) < 4.78 is 16.2. The van der Waals surface area contributed by atoms with E-state index < -0.39 is 0 Å². The Morgan fingerprint density at radius 2 is 2.11 bits per heavy atom. The maximum atomic E-state index is 14.2. The zero-order valence-corrected chi connectivity index (χ0v) is 15.9. The van der Waals surface area contributed by atoms with Crippen LogP contribution in [0, 0.1) is 18.7 Å². The van der Waals surface area contributed by atoms with Gasteiger partial charge >= 0.3 is 0 Å². The zero-order chi connectivity index (χ0) is 18.8. The summed E-state index contributed by atoms with van der Waals surface area (Å²) in [6, 6.07) is 7.52. The van der Waals surface area contributed by atoms with Crippen LogP contribution in [0.2, 0.25) is 0 Å². The van der Waals surface area contributed by atoms with Crippen molar-refractivity contribution in [2.24, 2.45) is 5.92 Å². The van der Waals surface area contributed by atoms with Gasteiger partial charge in [0.05, 0.1) is 17.9 Å². The highest BCUT2D eigenvalue weighted by Crippen LogP contribution is 2.26. The van der Waals surface area contributed by atoms with Gasteiger partial charge in [-0.1, -0.05) is 18.6 Å². The zero-order valence-electron chi connectivity index (χ0n) is 15.9. The predicted octanol–water partition coefficient (Wildman–Crippen LogP) is 3.15. The molecule has 0 atom stereocenters. The summed E-state index contributed by atoms with van der Waals surface area (Å²) in [5.74, 6) is 0.221. The van der Waals surface area contributed by atoms with E-state index in [4.69, 9.17) is 0 Å². The number of halogens is 1. The molecule has 1 N–H and O–H groups in total. The summed E-state index contributed by atoms with van der Waals surface area (Å²) >= 11 is 0. The minimum absolute atomic E-state index is 0.132. The number of carbonyl (C=O) groups is 1. The SMILES string of the molecule is Cc1ccc(CN2CCCn3nc(CNC(=O)C4CCC4)cc3C2)c(F)c1. The second-order valence-corrected chi connectivity index (χ2v) is 7.85. The van der Waals surface area contributed by atoms with Gasteiger partial charge in [-0.2, -0.15) is 5.10 Å². The normalized spacial score (nSPS) is 17.9. The maximum absolute atomic E-state index is 14.2. The van der Waals surface area contributed by atoms with Gasteiger partial charge in [0, 0.05) is 37.7 Å². The molecule has 0 bridgehead atoms. The minimum atomic E-state index is -0.132. The molecule has 1 amide bonds. The molecule has 4 rings (SSSR count). The van der Waals surface area contributed by atoms with Crippen LogP contribution in [0.25, 0.3) is 0 Å². The van der Waals surface area contributed by atoms with E-state index in [1.165, 1.54) is 0 Å². The smallest absolute Gasteiger partial charge is 0.223 e. The fourth-order valence-corrected chi connectivity index (χ4v) is 3.82. The molecular formula is C21H27FN4O. The molecule has 1 aromatic heterocycles. The van der Waals surface area contributed by atoms with Crippen LogP contribution in [0.4, 0.5) is 4.39 Å². The first-order chi connectivity index (χ1) is 13.1. The lowest BCUT2D eigenvalue weighted by Gasteiger charge is -2.23. The highest BCUT2D eigenvalue weighted by Gasteiger charge is 2.25. The predicted molar refractivity (Wildman–Crippen MR) is 101 cm³/mol. The number of amides is 1. The number of aromatic nitrogens is 2. The van der Waals surface area contributed by atoms with Gasteiger partial charge in [-0.15, -0.1) is 0 Å². The molecule has 2 aromatic rings. The van der Waals surface area contributed by atoms with Gasteiger partial charge in [0.1, 0.15) is 5.82 Å². The van der Waals surface area contributed by atoms with E-state index in [1.807, 2.05) is 23.7 Å². The van der Waals surface area contributed by atoms with Gasteiger partial charge in [-0.05, 0) is 43.9 Å². The molecule has 1 fully saturated rings. The fourth-order valence-electron chi connectivity index (χ4n) is 3.82. The van der Waals surface area contributed by atoms with Gasteiger partial charge < -0.3 is 5.32 Å². The molecule has 5 nitrogen and oxygen atoms in total. The van der Waals surface area contributed by atoms with E-state index in [0.29, 0.717) is 13.1 Å². The van der Waals surface area contributed by atoms with Gasteiger partial charge in [0.25, 0.3) is 0 Å². The summed E-state index contributed by atoms with van der Waals surface area (Å²) in [7, 11) is 0. The van der Waals surface area contributed by atoms with Crippen LogP contribution < -0.4 is 5.32 Å². The van der Waals surface area contributed by atoms with Crippen molar-refractivity contribution in [1.29, 1.82) is 0 Å². The Kier molecular flexibility index (Phi) is 5.25. The monoisotopic (exact) mass is 370 g/mol. The van der Waals surface area contributed by atoms with E-state index in [9.17, 15) is 9.18 Å². The van der Waals surface area contributed by atoms with Crippen LogP contribution in [0.3, 0.4) is 0 Å². The van der Waals surface area contributed by atoms with Crippen LogP contribution in [-0.2, 0) is 31.0 Å². The van der Waals surface area contributed by atoms with Gasteiger partial charge in [0.15, 0.2) is 0 Å². The highest BCUT2D eigenvalue weighted by molar-refractivity contribution is 5.79. The third kappa shape index (κ3) is 4.21. The molecule has 27 heavy (non-hydrogen) atoms. The van der Waals surface area contributed by atoms with E-state index in [1.54, 1.807) is 6.07 Å². The molecule has 1 aliphatic heterocycles. The topological polar surface area (TPSA) is 50.2 Å². The number of nitrogens with zero attached hydrogens (tertiary/aromatic N) is 3. The van der Waals surface area contributed by atoms with Crippen molar-refractivity contribution in [3.8, 4) is 0 Å². The quantitative estimate of drug-likeness (QED) is 0.880. The number of fused-ring (bicyclic) bond motifs is 1. The number of carbonyl (C=O) groups excluding carboxylic acids is 1.